The van der Waals surface area contributed by atoms with Crippen LogP contribution in [0.1, 0.15) is 39.3 Å². The first-order valence-corrected chi connectivity index (χ1v) is 7.50. The van der Waals surface area contributed by atoms with Crippen LogP contribution in [-0.4, -0.2) is 17.6 Å². The fraction of sp³-hybridized carbons (Fsp3) is 0.471. The standard InChI is InChI=1S/C17H24N2O/c1-4-8-13(3)20-17-11-14(12-18-5-2)19-16-10-7-6-9-15(16)17/h6-7,9-11,13,18H,4-5,8,12H2,1-3H3. The summed E-state index contributed by atoms with van der Waals surface area (Å²) in [6.07, 6.45) is 2.44. The van der Waals surface area contributed by atoms with E-state index in [4.69, 9.17) is 4.74 Å². The van der Waals surface area contributed by atoms with Crippen LogP contribution >= 0.6 is 0 Å². The van der Waals surface area contributed by atoms with Crippen molar-refractivity contribution in [2.75, 3.05) is 6.54 Å². The molecule has 0 bridgehead atoms. The minimum absolute atomic E-state index is 0.234. The molecule has 0 saturated carbocycles. The highest BCUT2D eigenvalue weighted by Gasteiger charge is 2.09. The molecule has 0 amide bonds. The van der Waals surface area contributed by atoms with Crippen LogP contribution in [0.3, 0.4) is 0 Å². The molecule has 2 aromatic rings. The van der Waals surface area contributed by atoms with Crippen LogP contribution in [0.25, 0.3) is 10.9 Å². The second-order valence-corrected chi connectivity index (χ2v) is 5.13. The van der Waals surface area contributed by atoms with E-state index in [1.807, 2.05) is 18.2 Å². The first-order chi connectivity index (χ1) is 9.74. The predicted octanol–water partition coefficient (Wildman–Crippen LogP) is 3.91. The molecular formula is C17H24N2O. The zero-order chi connectivity index (χ0) is 14.4. The third-order valence-electron chi connectivity index (χ3n) is 3.31. The van der Waals surface area contributed by atoms with Crippen molar-refractivity contribution in [2.24, 2.45) is 0 Å². The Labute approximate surface area is 121 Å². The van der Waals surface area contributed by atoms with Crippen molar-refractivity contribution in [1.82, 2.24) is 10.3 Å². The molecule has 0 aliphatic carbocycles. The lowest BCUT2D eigenvalue weighted by Gasteiger charge is -2.16. The van der Waals surface area contributed by atoms with Gasteiger partial charge in [0.1, 0.15) is 5.75 Å². The molecule has 0 fully saturated rings. The smallest absolute Gasteiger partial charge is 0.130 e. The third kappa shape index (κ3) is 3.70. The first kappa shape index (κ1) is 14.8. The van der Waals surface area contributed by atoms with Gasteiger partial charge in [-0.2, -0.15) is 0 Å². The highest BCUT2D eigenvalue weighted by Crippen LogP contribution is 2.27. The quantitative estimate of drug-likeness (QED) is 0.829. The van der Waals surface area contributed by atoms with E-state index in [0.29, 0.717) is 0 Å². The number of aromatic nitrogens is 1. The van der Waals surface area contributed by atoms with Crippen LogP contribution in [0.4, 0.5) is 0 Å². The number of nitrogens with one attached hydrogen (secondary N) is 1. The van der Waals surface area contributed by atoms with Crippen molar-refractivity contribution in [3.05, 3.63) is 36.0 Å². The Bertz CT molecular complexity index is 554. The molecule has 1 heterocycles. The van der Waals surface area contributed by atoms with E-state index in [-0.39, 0.29) is 6.10 Å². The molecule has 3 nitrogen and oxygen atoms in total. The lowest BCUT2D eigenvalue weighted by molar-refractivity contribution is 0.212. The number of benzene rings is 1. The molecule has 0 saturated heterocycles. The van der Waals surface area contributed by atoms with Gasteiger partial charge >= 0.3 is 0 Å². The topological polar surface area (TPSA) is 34.1 Å². The summed E-state index contributed by atoms with van der Waals surface area (Å²) in [7, 11) is 0. The van der Waals surface area contributed by atoms with Gasteiger partial charge in [-0.05, 0) is 32.0 Å². The Morgan fingerprint density at radius 2 is 2.05 bits per heavy atom. The van der Waals surface area contributed by atoms with Crippen molar-refractivity contribution in [3.63, 3.8) is 0 Å². The Balaban J connectivity index is 2.33. The maximum Gasteiger partial charge on any atom is 0.130 e. The highest BCUT2D eigenvalue weighted by atomic mass is 16.5. The zero-order valence-corrected chi connectivity index (χ0v) is 12.6. The second-order valence-electron chi connectivity index (χ2n) is 5.13. The van der Waals surface area contributed by atoms with Crippen molar-refractivity contribution in [3.8, 4) is 5.75 Å². The molecule has 0 aliphatic heterocycles. The van der Waals surface area contributed by atoms with Gasteiger partial charge in [0.05, 0.1) is 17.3 Å². The summed E-state index contributed by atoms with van der Waals surface area (Å²) in [5.74, 6) is 0.949. The maximum atomic E-state index is 6.12. The number of hydrogen-bond acceptors (Lipinski definition) is 3. The number of hydrogen-bond donors (Lipinski definition) is 1. The molecule has 1 N–H and O–H groups in total. The first-order valence-electron chi connectivity index (χ1n) is 7.50. The molecule has 3 heteroatoms. The lowest BCUT2D eigenvalue weighted by Crippen LogP contribution is -2.15. The third-order valence-corrected chi connectivity index (χ3v) is 3.31. The van der Waals surface area contributed by atoms with Crippen LogP contribution in [0.5, 0.6) is 5.75 Å². The SMILES string of the molecule is CCCC(C)Oc1cc(CNCC)nc2ccccc12. The van der Waals surface area contributed by atoms with Crippen molar-refractivity contribution >= 4 is 10.9 Å². The Kier molecular flexibility index (Phi) is 5.36. The zero-order valence-electron chi connectivity index (χ0n) is 12.6. The fourth-order valence-electron chi connectivity index (χ4n) is 2.32. The summed E-state index contributed by atoms with van der Waals surface area (Å²) < 4.78 is 6.12. The number of nitrogens with zero attached hydrogens (tertiary/aromatic N) is 1. The van der Waals surface area contributed by atoms with Crippen molar-refractivity contribution in [2.45, 2.75) is 46.3 Å². The summed E-state index contributed by atoms with van der Waals surface area (Å²) in [5.41, 5.74) is 2.03. The minimum atomic E-state index is 0.234. The number of rotatable bonds is 7. The van der Waals surface area contributed by atoms with Gasteiger partial charge in [0, 0.05) is 18.0 Å². The molecule has 1 atom stereocenters. The highest BCUT2D eigenvalue weighted by molar-refractivity contribution is 5.85. The van der Waals surface area contributed by atoms with Gasteiger partial charge < -0.3 is 10.1 Å². The lowest BCUT2D eigenvalue weighted by atomic mass is 10.1. The monoisotopic (exact) mass is 272 g/mol. The Morgan fingerprint density at radius 1 is 1.25 bits per heavy atom. The number of para-hydroxylation sites is 1. The van der Waals surface area contributed by atoms with Crippen molar-refractivity contribution < 1.29 is 4.74 Å². The summed E-state index contributed by atoms with van der Waals surface area (Å²) in [4.78, 5) is 4.68. The van der Waals surface area contributed by atoms with Crippen LogP contribution in [0.15, 0.2) is 30.3 Å². The average molecular weight is 272 g/mol. The average Bonchev–Trinajstić information content (AvgIpc) is 2.45. The van der Waals surface area contributed by atoms with Gasteiger partial charge in [-0.25, -0.2) is 0 Å². The summed E-state index contributed by atoms with van der Waals surface area (Å²) in [5, 5.41) is 4.41. The molecule has 20 heavy (non-hydrogen) atoms. The molecular weight excluding hydrogens is 248 g/mol. The van der Waals surface area contributed by atoms with Gasteiger partial charge in [0.15, 0.2) is 0 Å². The second kappa shape index (κ2) is 7.25. The van der Waals surface area contributed by atoms with Gasteiger partial charge in [-0.1, -0.05) is 32.4 Å². The van der Waals surface area contributed by atoms with Gasteiger partial charge in [0.25, 0.3) is 0 Å². The minimum Gasteiger partial charge on any atom is -0.490 e. The van der Waals surface area contributed by atoms with Crippen molar-refractivity contribution in [1.29, 1.82) is 0 Å². The molecule has 0 spiro atoms. The van der Waals surface area contributed by atoms with E-state index in [1.54, 1.807) is 0 Å². The van der Waals surface area contributed by atoms with Gasteiger partial charge in [-0.3, -0.25) is 4.98 Å². The van der Waals surface area contributed by atoms with E-state index in [0.717, 1.165) is 48.3 Å². The molecule has 1 aromatic carbocycles. The van der Waals surface area contributed by atoms with Crippen LogP contribution < -0.4 is 10.1 Å². The van der Waals surface area contributed by atoms with Crippen LogP contribution in [0, 0.1) is 0 Å². The van der Waals surface area contributed by atoms with Gasteiger partial charge in [0.2, 0.25) is 0 Å². The van der Waals surface area contributed by atoms with E-state index in [1.165, 1.54) is 0 Å². The molecule has 1 aromatic heterocycles. The van der Waals surface area contributed by atoms with Gasteiger partial charge in [-0.15, -0.1) is 0 Å². The molecule has 0 aliphatic rings. The Morgan fingerprint density at radius 3 is 2.80 bits per heavy atom. The summed E-state index contributed by atoms with van der Waals surface area (Å²) in [6, 6.07) is 10.2. The van der Waals surface area contributed by atoms with Crippen LogP contribution in [-0.2, 0) is 6.54 Å². The van der Waals surface area contributed by atoms with Crippen LogP contribution in [0.2, 0.25) is 0 Å². The molecule has 108 valence electrons. The van der Waals surface area contributed by atoms with E-state index in [2.05, 4.69) is 43.2 Å². The predicted molar refractivity (Wildman–Crippen MR) is 84.1 cm³/mol. The number of pyridine rings is 1. The number of ether oxygens (including phenoxy) is 1. The number of fused-ring (bicyclic) bond motifs is 1. The molecule has 2 rings (SSSR count). The summed E-state index contributed by atoms with van der Waals surface area (Å²) in [6.45, 7) is 8.13. The van der Waals surface area contributed by atoms with E-state index < -0.39 is 0 Å². The summed E-state index contributed by atoms with van der Waals surface area (Å²) >= 11 is 0. The normalized spacial score (nSPS) is 12.6. The van der Waals surface area contributed by atoms with E-state index in [9.17, 15) is 0 Å². The largest absolute Gasteiger partial charge is 0.490 e. The molecule has 1 unspecified atom stereocenters. The maximum absolute atomic E-state index is 6.12. The van der Waals surface area contributed by atoms with E-state index >= 15 is 0 Å². The fourth-order valence-corrected chi connectivity index (χ4v) is 2.32. The molecule has 0 radical (unpaired) electrons. The Hall–Kier alpha value is -1.61.